The van der Waals surface area contributed by atoms with Crippen molar-refractivity contribution in [2.45, 2.75) is 12.5 Å². The Bertz CT molecular complexity index is 311. The molecule has 0 aliphatic carbocycles. The summed E-state index contributed by atoms with van der Waals surface area (Å²) in [5, 5.41) is 2.14. The van der Waals surface area contributed by atoms with Crippen LogP contribution in [0.3, 0.4) is 0 Å². The van der Waals surface area contributed by atoms with E-state index >= 15 is 0 Å². The molecule has 0 amide bonds. The van der Waals surface area contributed by atoms with Crippen LogP contribution in [0.15, 0.2) is 41.9 Å². The average molecular weight is 191 g/mol. The smallest absolute Gasteiger partial charge is 0.0515 e. The molecule has 0 bridgehead atoms. The molecule has 1 aromatic rings. The number of allylic oxidation sites excluding steroid dienone is 2. The second-order valence-corrected chi connectivity index (χ2v) is 4.27. The van der Waals surface area contributed by atoms with Gasteiger partial charge in [0.2, 0.25) is 0 Å². The third-order valence-electron chi connectivity index (χ3n) is 2.28. The van der Waals surface area contributed by atoms with Crippen molar-refractivity contribution in [3.63, 3.8) is 0 Å². The molecule has 13 heavy (non-hydrogen) atoms. The van der Waals surface area contributed by atoms with E-state index in [1.807, 2.05) is 11.3 Å². The summed E-state index contributed by atoms with van der Waals surface area (Å²) in [7, 11) is 2.12. The van der Waals surface area contributed by atoms with E-state index in [4.69, 9.17) is 0 Å². The molecule has 0 saturated carbocycles. The summed E-state index contributed by atoms with van der Waals surface area (Å²) < 4.78 is 0. The fourth-order valence-corrected chi connectivity index (χ4v) is 2.23. The van der Waals surface area contributed by atoms with Gasteiger partial charge in [0.1, 0.15) is 0 Å². The van der Waals surface area contributed by atoms with Crippen LogP contribution in [0.25, 0.3) is 0 Å². The van der Waals surface area contributed by atoms with Crippen LogP contribution in [0.5, 0.6) is 0 Å². The SMILES string of the molecule is CN1C=CC=CC1Cc1cccs1. The van der Waals surface area contributed by atoms with Gasteiger partial charge in [-0.2, -0.15) is 0 Å². The van der Waals surface area contributed by atoms with Crippen molar-refractivity contribution in [3.8, 4) is 0 Å². The number of hydrogen-bond acceptors (Lipinski definition) is 2. The maximum atomic E-state index is 2.25. The molecule has 0 radical (unpaired) electrons. The van der Waals surface area contributed by atoms with Crippen molar-refractivity contribution >= 4 is 11.3 Å². The highest BCUT2D eigenvalue weighted by molar-refractivity contribution is 7.09. The molecule has 1 aromatic heterocycles. The molecule has 1 nitrogen and oxygen atoms in total. The quantitative estimate of drug-likeness (QED) is 0.694. The van der Waals surface area contributed by atoms with E-state index in [2.05, 4.69) is 53.9 Å². The monoisotopic (exact) mass is 191 g/mol. The summed E-state index contributed by atoms with van der Waals surface area (Å²) in [5.41, 5.74) is 0. The van der Waals surface area contributed by atoms with E-state index in [-0.39, 0.29) is 0 Å². The molecule has 0 spiro atoms. The van der Waals surface area contributed by atoms with Crippen molar-refractivity contribution < 1.29 is 0 Å². The molecule has 0 aromatic carbocycles. The zero-order valence-corrected chi connectivity index (χ0v) is 8.50. The van der Waals surface area contributed by atoms with Gasteiger partial charge in [0.15, 0.2) is 0 Å². The van der Waals surface area contributed by atoms with Crippen LogP contribution in [-0.2, 0) is 6.42 Å². The van der Waals surface area contributed by atoms with Crippen molar-refractivity contribution in [2.75, 3.05) is 7.05 Å². The Morgan fingerprint density at radius 1 is 1.46 bits per heavy atom. The number of rotatable bonds is 2. The summed E-state index contributed by atoms with van der Waals surface area (Å²) in [5.74, 6) is 0. The fraction of sp³-hybridized carbons (Fsp3) is 0.273. The Labute approximate surface area is 83.0 Å². The van der Waals surface area contributed by atoms with Crippen LogP contribution in [0.2, 0.25) is 0 Å². The Morgan fingerprint density at radius 2 is 2.38 bits per heavy atom. The molecule has 1 atom stereocenters. The Kier molecular flexibility index (Phi) is 2.50. The zero-order chi connectivity index (χ0) is 9.10. The van der Waals surface area contributed by atoms with Crippen LogP contribution in [0.1, 0.15) is 4.88 Å². The number of thiophene rings is 1. The molecule has 2 heteroatoms. The normalized spacial score (nSPS) is 21.0. The van der Waals surface area contributed by atoms with Gasteiger partial charge < -0.3 is 4.90 Å². The van der Waals surface area contributed by atoms with Crippen LogP contribution in [0.4, 0.5) is 0 Å². The third kappa shape index (κ3) is 2.01. The molecule has 68 valence electrons. The molecule has 0 N–H and O–H groups in total. The zero-order valence-electron chi connectivity index (χ0n) is 7.68. The Hall–Kier alpha value is -1.02. The Balaban J connectivity index is 2.03. The molecule has 1 aliphatic heterocycles. The number of nitrogens with zero attached hydrogens (tertiary/aromatic N) is 1. The summed E-state index contributed by atoms with van der Waals surface area (Å²) in [4.78, 5) is 3.71. The van der Waals surface area contributed by atoms with Crippen molar-refractivity contribution in [2.24, 2.45) is 0 Å². The lowest BCUT2D eigenvalue weighted by Gasteiger charge is -2.25. The van der Waals surface area contributed by atoms with E-state index < -0.39 is 0 Å². The van der Waals surface area contributed by atoms with Gasteiger partial charge in [-0.15, -0.1) is 11.3 Å². The van der Waals surface area contributed by atoms with Gasteiger partial charge in [0, 0.05) is 18.3 Å². The van der Waals surface area contributed by atoms with Crippen LogP contribution in [-0.4, -0.2) is 18.0 Å². The minimum Gasteiger partial charge on any atom is -0.374 e. The lowest BCUT2D eigenvalue weighted by molar-refractivity contribution is 0.379. The standard InChI is InChI=1S/C11H13NS/c1-12-7-3-2-5-10(12)9-11-6-4-8-13-11/h2-8,10H,9H2,1H3. The Morgan fingerprint density at radius 3 is 3.08 bits per heavy atom. The van der Waals surface area contributed by atoms with Gasteiger partial charge in [-0.05, 0) is 23.7 Å². The van der Waals surface area contributed by atoms with Crippen molar-refractivity contribution in [1.82, 2.24) is 4.90 Å². The first kappa shape index (κ1) is 8.57. The van der Waals surface area contributed by atoms with Gasteiger partial charge in [-0.3, -0.25) is 0 Å². The third-order valence-corrected chi connectivity index (χ3v) is 3.18. The molecular weight excluding hydrogens is 178 g/mol. The van der Waals surface area contributed by atoms with Crippen LogP contribution < -0.4 is 0 Å². The molecule has 2 heterocycles. The van der Waals surface area contributed by atoms with E-state index in [9.17, 15) is 0 Å². The predicted octanol–water partition coefficient (Wildman–Crippen LogP) is 2.67. The van der Waals surface area contributed by atoms with E-state index in [0.717, 1.165) is 6.42 Å². The molecule has 1 aliphatic rings. The summed E-state index contributed by atoms with van der Waals surface area (Å²) >= 11 is 1.83. The van der Waals surface area contributed by atoms with Crippen LogP contribution in [0, 0.1) is 0 Å². The topological polar surface area (TPSA) is 3.24 Å². The van der Waals surface area contributed by atoms with E-state index in [1.165, 1.54) is 4.88 Å². The summed E-state index contributed by atoms with van der Waals surface area (Å²) in [6, 6.07) is 4.84. The van der Waals surface area contributed by atoms with Gasteiger partial charge in [-0.25, -0.2) is 0 Å². The summed E-state index contributed by atoms with van der Waals surface area (Å²) in [6.45, 7) is 0. The average Bonchev–Trinajstić information content (AvgIpc) is 2.61. The van der Waals surface area contributed by atoms with Gasteiger partial charge in [0.25, 0.3) is 0 Å². The minimum atomic E-state index is 0.531. The molecule has 0 saturated heterocycles. The van der Waals surface area contributed by atoms with Crippen LogP contribution >= 0.6 is 11.3 Å². The van der Waals surface area contributed by atoms with Crippen molar-refractivity contribution in [3.05, 3.63) is 46.8 Å². The predicted molar refractivity (Wildman–Crippen MR) is 57.9 cm³/mol. The minimum absolute atomic E-state index is 0.531. The maximum absolute atomic E-state index is 2.25. The van der Waals surface area contributed by atoms with Crippen molar-refractivity contribution in [1.29, 1.82) is 0 Å². The lowest BCUT2D eigenvalue weighted by Crippen LogP contribution is -2.28. The van der Waals surface area contributed by atoms with Gasteiger partial charge in [0.05, 0.1) is 6.04 Å². The summed E-state index contributed by atoms with van der Waals surface area (Å²) in [6.07, 6.45) is 9.69. The second-order valence-electron chi connectivity index (χ2n) is 3.24. The maximum Gasteiger partial charge on any atom is 0.0515 e. The highest BCUT2D eigenvalue weighted by Gasteiger charge is 2.11. The second kappa shape index (κ2) is 3.79. The number of hydrogen-bond donors (Lipinski definition) is 0. The highest BCUT2D eigenvalue weighted by atomic mass is 32.1. The highest BCUT2D eigenvalue weighted by Crippen LogP contribution is 2.16. The molecule has 1 unspecified atom stereocenters. The largest absolute Gasteiger partial charge is 0.374 e. The number of likely N-dealkylation sites (N-methyl/N-ethyl adjacent to an activating group) is 1. The van der Waals surface area contributed by atoms with Gasteiger partial charge in [-0.1, -0.05) is 18.2 Å². The van der Waals surface area contributed by atoms with E-state index in [0.29, 0.717) is 6.04 Å². The lowest BCUT2D eigenvalue weighted by atomic mass is 10.1. The van der Waals surface area contributed by atoms with E-state index in [1.54, 1.807) is 0 Å². The first-order valence-corrected chi connectivity index (χ1v) is 5.33. The molecule has 0 fully saturated rings. The van der Waals surface area contributed by atoms with Gasteiger partial charge >= 0.3 is 0 Å². The molecule has 2 rings (SSSR count). The first-order chi connectivity index (χ1) is 6.36. The fourth-order valence-electron chi connectivity index (χ4n) is 1.47. The molecular formula is C11H13NS. The first-order valence-electron chi connectivity index (χ1n) is 4.45.